The zero-order valence-corrected chi connectivity index (χ0v) is 21.8. The molecule has 186 valence electrons. The third-order valence-electron chi connectivity index (χ3n) is 7.72. The second kappa shape index (κ2) is 9.10. The summed E-state index contributed by atoms with van der Waals surface area (Å²) >= 11 is 0. The second-order valence-corrected chi connectivity index (χ2v) is 10.5. The smallest absolute Gasteiger partial charge is 0.159 e. The van der Waals surface area contributed by atoms with E-state index < -0.39 is 0 Å². The summed E-state index contributed by atoms with van der Waals surface area (Å²) < 4.78 is 0. The lowest BCUT2D eigenvalue weighted by molar-refractivity contribution is 0.661. The molecule has 0 atom stereocenters. The first-order valence-corrected chi connectivity index (χ1v) is 13.1. The molecule has 2 heterocycles. The van der Waals surface area contributed by atoms with Crippen LogP contribution in [0.15, 0.2) is 122 Å². The molecule has 0 amide bonds. The average Bonchev–Trinajstić information content (AvgIpc) is 3.23. The van der Waals surface area contributed by atoms with Crippen molar-refractivity contribution >= 4 is 0 Å². The van der Waals surface area contributed by atoms with Crippen LogP contribution in [-0.2, 0) is 5.41 Å². The van der Waals surface area contributed by atoms with E-state index in [1.807, 2.05) is 12.1 Å². The monoisotopic (exact) mass is 502 g/mol. The predicted molar refractivity (Wildman–Crippen MR) is 157 cm³/mol. The molecule has 1 aliphatic carbocycles. The molecule has 4 nitrogen and oxygen atoms in total. The van der Waals surface area contributed by atoms with Gasteiger partial charge in [0.2, 0.25) is 0 Å². The van der Waals surface area contributed by atoms with Crippen LogP contribution in [0.25, 0.3) is 56.2 Å². The highest BCUT2D eigenvalue weighted by Gasteiger charge is 2.35. The van der Waals surface area contributed by atoms with Gasteiger partial charge < -0.3 is 0 Å². The van der Waals surface area contributed by atoms with E-state index in [2.05, 4.69) is 119 Å². The normalized spacial score (nSPS) is 13.1. The Morgan fingerprint density at radius 1 is 0.410 bits per heavy atom. The van der Waals surface area contributed by atoms with Crippen molar-refractivity contribution in [3.63, 3.8) is 0 Å². The van der Waals surface area contributed by atoms with Gasteiger partial charge in [0.1, 0.15) is 0 Å². The van der Waals surface area contributed by atoms with Crippen molar-refractivity contribution in [1.29, 1.82) is 0 Å². The number of rotatable bonds is 4. The Morgan fingerprint density at radius 3 is 1.23 bits per heavy atom. The Hall–Kier alpha value is -4.96. The summed E-state index contributed by atoms with van der Waals surface area (Å²) in [7, 11) is 0. The second-order valence-electron chi connectivity index (χ2n) is 10.5. The zero-order valence-electron chi connectivity index (χ0n) is 21.8. The molecule has 1 aliphatic rings. The van der Waals surface area contributed by atoms with Crippen LogP contribution in [0.2, 0.25) is 0 Å². The van der Waals surface area contributed by atoms with E-state index in [0.29, 0.717) is 0 Å². The Bertz CT molecular complexity index is 1690. The lowest BCUT2D eigenvalue weighted by Gasteiger charge is -2.22. The van der Waals surface area contributed by atoms with E-state index in [-0.39, 0.29) is 5.41 Å². The Balaban J connectivity index is 1.26. The van der Waals surface area contributed by atoms with Crippen molar-refractivity contribution < 1.29 is 0 Å². The van der Waals surface area contributed by atoms with E-state index >= 15 is 0 Å². The maximum Gasteiger partial charge on any atom is 0.159 e. The SMILES string of the molecule is CC1(C)c2cc(-c3cccc(-c4ncccn4)c3)ccc2-c2ccc(-c3cccc(-c4ncccn4)c3)cc21. The van der Waals surface area contributed by atoms with Gasteiger partial charge in [0.05, 0.1) is 0 Å². The highest BCUT2D eigenvalue weighted by molar-refractivity contribution is 5.86. The number of nitrogens with zero attached hydrogens (tertiary/aromatic N) is 4. The van der Waals surface area contributed by atoms with Crippen molar-refractivity contribution in [2.45, 2.75) is 19.3 Å². The van der Waals surface area contributed by atoms with Gasteiger partial charge in [0.15, 0.2) is 11.6 Å². The van der Waals surface area contributed by atoms with Crippen LogP contribution >= 0.6 is 0 Å². The fraction of sp³-hybridized carbons (Fsp3) is 0.0857. The number of fused-ring (bicyclic) bond motifs is 3. The minimum Gasteiger partial charge on any atom is -0.237 e. The summed E-state index contributed by atoms with van der Waals surface area (Å²) in [4.78, 5) is 17.7. The lowest BCUT2D eigenvalue weighted by atomic mass is 9.80. The molecular weight excluding hydrogens is 476 g/mol. The number of hydrogen-bond acceptors (Lipinski definition) is 4. The molecule has 0 saturated heterocycles. The third-order valence-corrected chi connectivity index (χ3v) is 7.72. The van der Waals surface area contributed by atoms with Crippen LogP contribution in [0.3, 0.4) is 0 Å². The van der Waals surface area contributed by atoms with E-state index in [1.54, 1.807) is 24.8 Å². The molecule has 4 heteroatoms. The number of aromatic nitrogens is 4. The molecule has 0 bridgehead atoms. The van der Waals surface area contributed by atoms with Gasteiger partial charge in [-0.1, -0.05) is 74.5 Å². The summed E-state index contributed by atoms with van der Waals surface area (Å²) in [6, 6.07) is 34.3. The minimum atomic E-state index is -0.128. The van der Waals surface area contributed by atoms with E-state index in [0.717, 1.165) is 33.9 Å². The molecule has 0 unspecified atom stereocenters. The van der Waals surface area contributed by atoms with Crippen LogP contribution in [0.5, 0.6) is 0 Å². The maximum absolute atomic E-state index is 4.43. The van der Waals surface area contributed by atoms with Gasteiger partial charge in [-0.2, -0.15) is 0 Å². The average molecular weight is 503 g/mol. The molecule has 7 rings (SSSR count). The molecule has 0 spiro atoms. The molecule has 0 aliphatic heterocycles. The van der Waals surface area contributed by atoms with Gasteiger partial charge in [0.25, 0.3) is 0 Å². The van der Waals surface area contributed by atoms with Crippen molar-refractivity contribution in [3.8, 4) is 56.2 Å². The highest BCUT2D eigenvalue weighted by Crippen LogP contribution is 2.50. The number of benzene rings is 4. The van der Waals surface area contributed by atoms with Crippen LogP contribution in [0, 0.1) is 0 Å². The molecule has 39 heavy (non-hydrogen) atoms. The maximum atomic E-state index is 4.43. The quantitative estimate of drug-likeness (QED) is 0.244. The van der Waals surface area contributed by atoms with Crippen LogP contribution in [0.1, 0.15) is 25.0 Å². The van der Waals surface area contributed by atoms with Gasteiger partial charge in [-0.05, 0) is 80.9 Å². The molecule has 0 radical (unpaired) electrons. The molecular formula is C35H26N4. The van der Waals surface area contributed by atoms with Crippen molar-refractivity contribution in [1.82, 2.24) is 19.9 Å². The van der Waals surface area contributed by atoms with E-state index in [1.165, 1.54) is 33.4 Å². The molecule has 0 saturated carbocycles. The summed E-state index contributed by atoms with van der Waals surface area (Å²) in [6.07, 6.45) is 7.13. The van der Waals surface area contributed by atoms with Gasteiger partial charge in [-0.3, -0.25) is 0 Å². The predicted octanol–water partition coefficient (Wildman–Crippen LogP) is 8.24. The fourth-order valence-corrected chi connectivity index (χ4v) is 5.67. The van der Waals surface area contributed by atoms with Crippen molar-refractivity contribution in [3.05, 3.63) is 133 Å². The summed E-state index contributed by atoms with van der Waals surface area (Å²) in [5.74, 6) is 1.48. The van der Waals surface area contributed by atoms with Gasteiger partial charge in [0, 0.05) is 41.3 Å². The molecule has 0 N–H and O–H groups in total. The lowest BCUT2D eigenvalue weighted by Crippen LogP contribution is -2.15. The molecule has 0 fully saturated rings. The first-order chi connectivity index (χ1) is 19.1. The molecule has 2 aromatic heterocycles. The molecule has 4 aromatic carbocycles. The van der Waals surface area contributed by atoms with Crippen molar-refractivity contribution in [2.24, 2.45) is 0 Å². The van der Waals surface area contributed by atoms with Crippen LogP contribution in [-0.4, -0.2) is 19.9 Å². The minimum absolute atomic E-state index is 0.128. The molecule has 6 aromatic rings. The van der Waals surface area contributed by atoms with Crippen LogP contribution in [0.4, 0.5) is 0 Å². The highest BCUT2D eigenvalue weighted by atomic mass is 14.9. The zero-order chi connectivity index (χ0) is 26.4. The van der Waals surface area contributed by atoms with Crippen molar-refractivity contribution in [2.75, 3.05) is 0 Å². The fourth-order valence-electron chi connectivity index (χ4n) is 5.67. The topological polar surface area (TPSA) is 51.6 Å². The first kappa shape index (κ1) is 23.2. The summed E-state index contributed by atoms with van der Waals surface area (Å²) in [5, 5.41) is 0. The largest absolute Gasteiger partial charge is 0.237 e. The van der Waals surface area contributed by atoms with Gasteiger partial charge in [-0.15, -0.1) is 0 Å². The van der Waals surface area contributed by atoms with Gasteiger partial charge in [-0.25, -0.2) is 19.9 Å². The van der Waals surface area contributed by atoms with Crippen LogP contribution < -0.4 is 0 Å². The third kappa shape index (κ3) is 4.02. The summed E-state index contributed by atoms with van der Waals surface area (Å²) in [6.45, 7) is 4.65. The van der Waals surface area contributed by atoms with E-state index in [9.17, 15) is 0 Å². The van der Waals surface area contributed by atoms with E-state index in [4.69, 9.17) is 0 Å². The Kier molecular flexibility index (Phi) is 5.41. The summed E-state index contributed by atoms with van der Waals surface area (Å²) in [5.41, 5.74) is 11.9. The first-order valence-electron chi connectivity index (χ1n) is 13.1. The van der Waals surface area contributed by atoms with Gasteiger partial charge >= 0.3 is 0 Å². The standard InChI is InChI=1S/C35H26N4/c1-35(2)31-21-25(23-7-3-9-27(19-23)33-36-15-5-16-37-33)11-13-29(31)30-14-12-26(22-32(30)35)24-8-4-10-28(20-24)34-38-17-6-18-39-34/h3-22H,1-2H3. The number of hydrogen-bond donors (Lipinski definition) is 0. The Labute approximate surface area is 228 Å². The Morgan fingerprint density at radius 2 is 0.795 bits per heavy atom.